The van der Waals surface area contributed by atoms with Crippen molar-refractivity contribution in [2.24, 2.45) is 5.92 Å². The van der Waals surface area contributed by atoms with Gasteiger partial charge in [-0.1, -0.05) is 42.5 Å². The molecular weight excluding hydrogens is 476 g/mol. The zero-order valence-corrected chi connectivity index (χ0v) is 21.8. The molecule has 0 radical (unpaired) electrons. The first kappa shape index (κ1) is 26.3. The molecule has 2 heterocycles. The highest BCUT2D eigenvalue weighted by Gasteiger charge is 2.31. The highest BCUT2D eigenvalue weighted by molar-refractivity contribution is 5.97. The predicted octanol–water partition coefficient (Wildman–Crippen LogP) is 4.20. The van der Waals surface area contributed by atoms with Gasteiger partial charge < -0.3 is 24.4 Å². The normalized spacial score (nSPS) is 18.6. The van der Waals surface area contributed by atoms with E-state index in [1.807, 2.05) is 23.1 Å². The molecule has 1 N–H and O–H groups in total. The van der Waals surface area contributed by atoms with Crippen molar-refractivity contribution in [3.05, 3.63) is 71.3 Å². The Labute approximate surface area is 219 Å². The summed E-state index contributed by atoms with van der Waals surface area (Å²) in [5.41, 5.74) is 2.93. The second-order valence-electron chi connectivity index (χ2n) is 9.78. The Morgan fingerprint density at radius 2 is 1.78 bits per heavy atom. The number of ether oxygens (including phenoxy) is 2. The van der Waals surface area contributed by atoms with Crippen molar-refractivity contribution in [3.63, 3.8) is 0 Å². The molecule has 6 nitrogen and oxygen atoms in total. The number of benzene rings is 3. The number of nitrogens with zero attached hydrogens (tertiary/aromatic N) is 2. The molecule has 0 spiro atoms. The average molecular weight is 511 g/mol. The lowest BCUT2D eigenvalue weighted by Crippen LogP contribution is -2.41. The molecule has 3 aromatic carbocycles. The number of carbonyl (C=O) groups is 1. The van der Waals surface area contributed by atoms with E-state index >= 15 is 0 Å². The van der Waals surface area contributed by atoms with Crippen LogP contribution in [0.2, 0.25) is 0 Å². The van der Waals surface area contributed by atoms with Gasteiger partial charge in [0.25, 0.3) is 5.91 Å². The summed E-state index contributed by atoms with van der Waals surface area (Å²) >= 11 is 0. The molecule has 0 saturated carbocycles. The first-order valence-electron chi connectivity index (χ1n) is 12.5. The van der Waals surface area contributed by atoms with Crippen LogP contribution in [0.5, 0.6) is 11.5 Å². The van der Waals surface area contributed by atoms with Gasteiger partial charge in [0.15, 0.2) is 11.5 Å². The van der Waals surface area contributed by atoms with Gasteiger partial charge in [-0.05, 0) is 59.3 Å². The Kier molecular flexibility index (Phi) is 8.39. The number of likely N-dealkylation sites (tertiary alicyclic amines) is 1. The number of halogens is 1. The number of methoxy groups -OCH3 is 2. The van der Waals surface area contributed by atoms with Crippen LogP contribution >= 0.6 is 12.4 Å². The van der Waals surface area contributed by atoms with Gasteiger partial charge in [-0.3, -0.25) is 4.79 Å². The molecular formula is C29H35ClN2O4. The molecule has 2 unspecified atom stereocenters. The monoisotopic (exact) mass is 510 g/mol. The largest absolute Gasteiger partial charge is 0.493 e. The second-order valence-corrected chi connectivity index (χ2v) is 9.78. The van der Waals surface area contributed by atoms with Crippen LogP contribution < -0.4 is 9.47 Å². The summed E-state index contributed by atoms with van der Waals surface area (Å²) in [4.78, 5) is 17.5. The van der Waals surface area contributed by atoms with Crippen molar-refractivity contribution in [1.82, 2.24) is 9.80 Å². The summed E-state index contributed by atoms with van der Waals surface area (Å²) < 4.78 is 10.8. The van der Waals surface area contributed by atoms with E-state index in [9.17, 15) is 9.90 Å². The minimum absolute atomic E-state index is 0. The summed E-state index contributed by atoms with van der Waals surface area (Å²) in [6.45, 7) is 4.01. The third-order valence-electron chi connectivity index (χ3n) is 7.43. The minimum atomic E-state index is -0.412. The third-order valence-corrected chi connectivity index (χ3v) is 7.43. The second kappa shape index (κ2) is 11.5. The lowest BCUT2D eigenvalue weighted by molar-refractivity contribution is 0.0707. The molecule has 2 aliphatic heterocycles. The van der Waals surface area contributed by atoms with E-state index in [4.69, 9.17) is 9.47 Å². The van der Waals surface area contributed by atoms with Gasteiger partial charge in [-0.2, -0.15) is 0 Å². The first-order valence-corrected chi connectivity index (χ1v) is 12.5. The van der Waals surface area contributed by atoms with Crippen LogP contribution in [-0.4, -0.2) is 73.9 Å². The Balaban J connectivity index is 0.00000304. The van der Waals surface area contributed by atoms with Crippen LogP contribution in [-0.2, 0) is 12.8 Å². The molecule has 2 aliphatic rings. The fourth-order valence-electron chi connectivity index (χ4n) is 5.65. The lowest BCUT2D eigenvalue weighted by Gasteiger charge is -2.31. The van der Waals surface area contributed by atoms with Crippen LogP contribution in [0.15, 0.2) is 54.6 Å². The van der Waals surface area contributed by atoms with Gasteiger partial charge in [0.05, 0.1) is 20.3 Å². The maximum absolute atomic E-state index is 13.2. The molecule has 36 heavy (non-hydrogen) atoms. The van der Waals surface area contributed by atoms with E-state index in [1.54, 1.807) is 14.2 Å². The molecule has 1 fully saturated rings. The van der Waals surface area contributed by atoms with Gasteiger partial charge in [0, 0.05) is 38.2 Å². The molecule has 192 valence electrons. The van der Waals surface area contributed by atoms with Gasteiger partial charge >= 0.3 is 0 Å². The summed E-state index contributed by atoms with van der Waals surface area (Å²) in [5.74, 6) is 1.75. The lowest BCUT2D eigenvalue weighted by atomic mass is 9.96. The molecule has 1 saturated heterocycles. The summed E-state index contributed by atoms with van der Waals surface area (Å²) in [7, 11) is 3.21. The number of β-amino-alcohol motifs (C(OH)–C–C–N with tert-alkyl or cyclic N) is 1. The molecule has 0 aromatic heterocycles. The van der Waals surface area contributed by atoms with E-state index in [0.29, 0.717) is 35.9 Å². The van der Waals surface area contributed by atoms with E-state index in [-0.39, 0.29) is 18.3 Å². The van der Waals surface area contributed by atoms with Gasteiger partial charge in [0.1, 0.15) is 0 Å². The fourth-order valence-corrected chi connectivity index (χ4v) is 5.65. The Morgan fingerprint density at radius 1 is 1.03 bits per heavy atom. The number of amides is 1. The van der Waals surface area contributed by atoms with Gasteiger partial charge in [-0.25, -0.2) is 0 Å². The van der Waals surface area contributed by atoms with Gasteiger partial charge in [-0.15, -0.1) is 12.4 Å². The predicted molar refractivity (Wildman–Crippen MR) is 145 cm³/mol. The number of hydrogen-bond donors (Lipinski definition) is 1. The minimum Gasteiger partial charge on any atom is -0.493 e. The molecule has 7 heteroatoms. The Bertz CT molecular complexity index is 1210. The van der Waals surface area contributed by atoms with Crippen molar-refractivity contribution in [3.8, 4) is 11.5 Å². The Hall–Kier alpha value is -2.80. The third kappa shape index (κ3) is 5.46. The molecule has 3 aromatic rings. The first-order chi connectivity index (χ1) is 17.1. The van der Waals surface area contributed by atoms with E-state index in [0.717, 1.165) is 44.6 Å². The highest BCUT2D eigenvalue weighted by Crippen LogP contribution is 2.34. The summed E-state index contributed by atoms with van der Waals surface area (Å²) in [6, 6.07) is 18.4. The van der Waals surface area contributed by atoms with Crippen LogP contribution in [0.25, 0.3) is 10.8 Å². The molecule has 0 bridgehead atoms. The summed E-state index contributed by atoms with van der Waals surface area (Å²) in [5, 5.41) is 13.3. The Morgan fingerprint density at radius 3 is 2.58 bits per heavy atom. The molecule has 2 atom stereocenters. The topological polar surface area (TPSA) is 62.2 Å². The maximum Gasteiger partial charge on any atom is 0.254 e. The van der Waals surface area contributed by atoms with Crippen LogP contribution in [0.1, 0.15) is 27.9 Å². The number of aliphatic hydroxyl groups excluding tert-OH is 1. The summed E-state index contributed by atoms with van der Waals surface area (Å²) in [6.07, 6.45) is 2.10. The van der Waals surface area contributed by atoms with Crippen LogP contribution in [0.4, 0.5) is 0 Å². The smallest absolute Gasteiger partial charge is 0.254 e. The fraction of sp³-hybridized carbons (Fsp3) is 0.414. The number of rotatable bonds is 8. The average Bonchev–Trinajstić information content (AvgIpc) is 3.31. The van der Waals surface area contributed by atoms with Gasteiger partial charge in [0.2, 0.25) is 0 Å². The zero-order chi connectivity index (χ0) is 24.4. The molecule has 5 rings (SSSR count). The van der Waals surface area contributed by atoms with Crippen LogP contribution in [0, 0.1) is 5.92 Å². The van der Waals surface area contributed by atoms with E-state index in [1.165, 1.54) is 16.3 Å². The van der Waals surface area contributed by atoms with E-state index < -0.39 is 6.10 Å². The standard InChI is InChI=1S/C29H34N2O4.ClH/c1-34-27-15-23-11-13-31(29(33)26(23)16-28(27)35-2)18-20-10-12-30(17-20)19-24(32)14-22-8-5-7-21-6-3-4-9-25(21)22;/h3-9,15-16,20,24,32H,10-14,17-19H2,1-2H3;1H. The zero-order valence-electron chi connectivity index (χ0n) is 21.0. The number of fused-ring (bicyclic) bond motifs is 2. The van der Waals surface area contributed by atoms with Crippen molar-refractivity contribution >= 4 is 29.1 Å². The van der Waals surface area contributed by atoms with Crippen molar-refractivity contribution in [2.45, 2.75) is 25.4 Å². The maximum atomic E-state index is 13.2. The van der Waals surface area contributed by atoms with Crippen molar-refractivity contribution in [2.75, 3.05) is 46.9 Å². The number of carbonyl (C=O) groups excluding carboxylic acids is 1. The van der Waals surface area contributed by atoms with Crippen LogP contribution in [0.3, 0.4) is 0 Å². The number of aliphatic hydroxyl groups is 1. The quantitative estimate of drug-likeness (QED) is 0.492. The molecule has 1 amide bonds. The van der Waals surface area contributed by atoms with Crippen molar-refractivity contribution in [1.29, 1.82) is 0 Å². The number of hydrogen-bond acceptors (Lipinski definition) is 5. The highest BCUT2D eigenvalue weighted by atomic mass is 35.5. The SMILES string of the molecule is COc1cc2c(cc1OC)C(=O)N(CC1CCN(CC(O)Cc3cccc4ccccc34)C1)CC2.Cl. The van der Waals surface area contributed by atoms with E-state index in [2.05, 4.69) is 41.3 Å². The molecule has 0 aliphatic carbocycles. The van der Waals surface area contributed by atoms with Crippen molar-refractivity contribution < 1.29 is 19.4 Å².